The number of halogens is 1. The van der Waals surface area contributed by atoms with E-state index in [0.717, 1.165) is 5.56 Å². The second-order valence-electron chi connectivity index (χ2n) is 4.77. The van der Waals surface area contributed by atoms with Crippen molar-refractivity contribution >= 4 is 23.3 Å². The number of Topliss-reactive ketones (excluding diaryl/α,β-unsaturated/α-hetero) is 1. The van der Waals surface area contributed by atoms with Crippen molar-refractivity contribution in [2.24, 2.45) is 0 Å². The van der Waals surface area contributed by atoms with Crippen LogP contribution in [0.5, 0.6) is 0 Å². The van der Waals surface area contributed by atoms with Gasteiger partial charge in [0, 0.05) is 23.9 Å². The molecule has 0 bridgehead atoms. The molecule has 0 spiro atoms. The van der Waals surface area contributed by atoms with Gasteiger partial charge in [-0.25, -0.2) is 0 Å². The van der Waals surface area contributed by atoms with E-state index < -0.39 is 6.04 Å². The van der Waals surface area contributed by atoms with Gasteiger partial charge >= 0.3 is 0 Å². The summed E-state index contributed by atoms with van der Waals surface area (Å²) in [7, 11) is 0. The molecule has 0 saturated heterocycles. The van der Waals surface area contributed by atoms with Crippen molar-refractivity contribution < 1.29 is 9.59 Å². The molecule has 3 nitrogen and oxygen atoms in total. The summed E-state index contributed by atoms with van der Waals surface area (Å²) in [6.07, 6.45) is 0.174. The van der Waals surface area contributed by atoms with Gasteiger partial charge in [-0.2, -0.15) is 0 Å². The highest BCUT2D eigenvalue weighted by Gasteiger charge is 2.20. The number of hydrogen-bond donors (Lipinski definition) is 1. The fourth-order valence-corrected chi connectivity index (χ4v) is 2.44. The van der Waals surface area contributed by atoms with Crippen molar-refractivity contribution in [1.29, 1.82) is 0 Å². The van der Waals surface area contributed by atoms with Gasteiger partial charge in [0.1, 0.15) is 0 Å². The largest absolute Gasteiger partial charge is 0.349 e. The summed E-state index contributed by atoms with van der Waals surface area (Å²) in [6.45, 7) is 1.43. The summed E-state index contributed by atoms with van der Waals surface area (Å²) < 4.78 is 0. The van der Waals surface area contributed by atoms with Crippen LogP contribution in [0.4, 0.5) is 0 Å². The van der Waals surface area contributed by atoms with Crippen LogP contribution in [0, 0.1) is 0 Å². The fraction of sp³-hybridized carbons (Fsp3) is 0.176. The molecule has 1 N–H and O–H groups in total. The molecule has 4 heteroatoms. The minimum absolute atomic E-state index is 0.0331. The standard InChI is InChI=1S/C17H16ClNO2/c1-12(20)19-16(14-9-5-6-10-15(14)18)11-17(21)13-7-3-2-4-8-13/h2-10,16H,11H2,1H3,(H,19,20). The van der Waals surface area contributed by atoms with Gasteiger partial charge in [-0.3, -0.25) is 9.59 Å². The fourth-order valence-electron chi connectivity index (χ4n) is 2.17. The Balaban J connectivity index is 2.23. The summed E-state index contributed by atoms with van der Waals surface area (Å²) in [5, 5.41) is 3.33. The molecule has 2 aromatic carbocycles. The van der Waals surface area contributed by atoms with E-state index in [1.54, 1.807) is 18.2 Å². The van der Waals surface area contributed by atoms with Crippen LogP contribution >= 0.6 is 11.6 Å². The number of hydrogen-bond acceptors (Lipinski definition) is 2. The van der Waals surface area contributed by atoms with Crippen LogP contribution in [0.1, 0.15) is 35.3 Å². The maximum Gasteiger partial charge on any atom is 0.217 e. The number of nitrogens with one attached hydrogen (secondary N) is 1. The van der Waals surface area contributed by atoms with Gasteiger partial charge < -0.3 is 5.32 Å². The summed E-state index contributed by atoms with van der Waals surface area (Å²) in [5.74, 6) is -0.227. The number of carbonyl (C=O) groups is 2. The average Bonchev–Trinajstić information content (AvgIpc) is 2.47. The maximum atomic E-state index is 12.3. The van der Waals surface area contributed by atoms with Crippen molar-refractivity contribution in [1.82, 2.24) is 5.32 Å². The van der Waals surface area contributed by atoms with E-state index in [9.17, 15) is 9.59 Å². The first-order chi connectivity index (χ1) is 10.1. The van der Waals surface area contributed by atoms with Crippen LogP contribution in [-0.2, 0) is 4.79 Å². The van der Waals surface area contributed by atoms with Crippen molar-refractivity contribution in [3.63, 3.8) is 0 Å². The molecule has 0 fully saturated rings. The van der Waals surface area contributed by atoms with E-state index >= 15 is 0 Å². The Morgan fingerprint density at radius 3 is 2.29 bits per heavy atom. The first kappa shape index (κ1) is 15.3. The quantitative estimate of drug-likeness (QED) is 0.854. The third-order valence-electron chi connectivity index (χ3n) is 3.14. The van der Waals surface area contributed by atoms with E-state index in [1.807, 2.05) is 36.4 Å². The molecule has 2 rings (SSSR count). The summed E-state index contributed by atoms with van der Waals surface area (Å²) in [5.41, 5.74) is 1.37. The molecule has 0 radical (unpaired) electrons. The predicted molar refractivity (Wildman–Crippen MR) is 83.4 cm³/mol. The lowest BCUT2D eigenvalue weighted by atomic mass is 9.98. The Morgan fingerprint density at radius 2 is 1.67 bits per heavy atom. The molecule has 0 aliphatic rings. The second kappa shape index (κ2) is 7.04. The molecule has 0 aliphatic heterocycles. The zero-order chi connectivity index (χ0) is 15.2. The van der Waals surface area contributed by atoms with Crippen LogP contribution < -0.4 is 5.32 Å². The molecule has 0 saturated carbocycles. The van der Waals surface area contributed by atoms with Crippen molar-refractivity contribution in [2.75, 3.05) is 0 Å². The second-order valence-corrected chi connectivity index (χ2v) is 5.18. The highest BCUT2D eigenvalue weighted by Crippen LogP contribution is 2.26. The van der Waals surface area contributed by atoms with Crippen LogP contribution in [0.3, 0.4) is 0 Å². The maximum absolute atomic E-state index is 12.3. The molecule has 2 aromatic rings. The normalized spacial score (nSPS) is 11.7. The summed E-state index contributed by atoms with van der Waals surface area (Å²) in [6, 6.07) is 15.8. The summed E-state index contributed by atoms with van der Waals surface area (Å²) in [4.78, 5) is 23.7. The molecule has 0 aromatic heterocycles. The van der Waals surface area contributed by atoms with Crippen LogP contribution in [0.25, 0.3) is 0 Å². The van der Waals surface area contributed by atoms with E-state index in [-0.39, 0.29) is 18.1 Å². The summed E-state index contributed by atoms with van der Waals surface area (Å²) >= 11 is 6.17. The lowest BCUT2D eigenvalue weighted by molar-refractivity contribution is -0.119. The third-order valence-corrected chi connectivity index (χ3v) is 3.49. The van der Waals surface area contributed by atoms with Gasteiger partial charge in [0.2, 0.25) is 5.91 Å². The highest BCUT2D eigenvalue weighted by atomic mass is 35.5. The van der Waals surface area contributed by atoms with E-state index in [0.29, 0.717) is 10.6 Å². The number of ketones is 1. The Labute approximate surface area is 128 Å². The molecule has 0 heterocycles. The van der Waals surface area contributed by atoms with Gasteiger partial charge in [0.25, 0.3) is 0 Å². The van der Waals surface area contributed by atoms with Crippen molar-refractivity contribution in [3.05, 3.63) is 70.7 Å². The van der Waals surface area contributed by atoms with Crippen molar-refractivity contribution in [2.45, 2.75) is 19.4 Å². The molecule has 21 heavy (non-hydrogen) atoms. The third kappa shape index (κ3) is 4.17. The van der Waals surface area contributed by atoms with Crippen LogP contribution in [-0.4, -0.2) is 11.7 Å². The lowest BCUT2D eigenvalue weighted by Gasteiger charge is -2.19. The van der Waals surface area contributed by atoms with Gasteiger partial charge in [-0.05, 0) is 11.6 Å². The Bertz CT molecular complexity index is 640. The lowest BCUT2D eigenvalue weighted by Crippen LogP contribution is -2.28. The predicted octanol–water partition coefficient (Wildman–Crippen LogP) is 3.79. The van der Waals surface area contributed by atoms with Crippen LogP contribution in [0.15, 0.2) is 54.6 Å². The Hall–Kier alpha value is -2.13. The zero-order valence-corrected chi connectivity index (χ0v) is 12.4. The highest BCUT2D eigenvalue weighted by molar-refractivity contribution is 6.31. The van der Waals surface area contributed by atoms with Gasteiger partial charge in [-0.1, -0.05) is 60.1 Å². The molecule has 1 atom stereocenters. The van der Waals surface area contributed by atoms with Gasteiger partial charge in [0.05, 0.1) is 6.04 Å². The molecule has 0 aliphatic carbocycles. The van der Waals surface area contributed by atoms with Crippen LogP contribution in [0.2, 0.25) is 5.02 Å². The smallest absolute Gasteiger partial charge is 0.217 e. The zero-order valence-electron chi connectivity index (χ0n) is 11.7. The molecule has 1 amide bonds. The average molecular weight is 302 g/mol. The number of amides is 1. The van der Waals surface area contributed by atoms with Crippen molar-refractivity contribution in [3.8, 4) is 0 Å². The Kier molecular flexibility index (Phi) is 5.12. The molecular weight excluding hydrogens is 286 g/mol. The van der Waals surface area contributed by atoms with Gasteiger partial charge in [0.15, 0.2) is 5.78 Å². The van der Waals surface area contributed by atoms with E-state index in [2.05, 4.69) is 5.32 Å². The van der Waals surface area contributed by atoms with Gasteiger partial charge in [-0.15, -0.1) is 0 Å². The minimum atomic E-state index is -0.427. The molecule has 108 valence electrons. The minimum Gasteiger partial charge on any atom is -0.349 e. The first-order valence-electron chi connectivity index (χ1n) is 6.67. The van der Waals surface area contributed by atoms with E-state index in [1.165, 1.54) is 6.92 Å². The SMILES string of the molecule is CC(=O)NC(CC(=O)c1ccccc1)c1ccccc1Cl. The number of benzene rings is 2. The topological polar surface area (TPSA) is 46.2 Å². The number of rotatable bonds is 5. The first-order valence-corrected chi connectivity index (χ1v) is 7.05. The molecule has 1 unspecified atom stereocenters. The monoisotopic (exact) mass is 301 g/mol. The van der Waals surface area contributed by atoms with E-state index in [4.69, 9.17) is 11.6 Å². The number of carbonyl (C=O) groups excluding carboxylic acids is 2. The Morgan fingerprint density at radius 1 is 1.05 bits per heavy atom. The molecular formula is C17H16ClNO2.